The van der Waals surface area contributed by atoms with Gasteiger partial charge in [-0.1, -0.05) is 74.5 Å². The van der Waals surface area contributed by atoms with Gasteiger partial charge in [0.2, 0.25) is 76.8 Å². The molecule has 4 rings (SSSR count). The van der Waals surface area contributed by atoms with Crippen LogP contribution in [0.15, 0.2) is 65.7 Å². The summed E-state index contributed by atoms with van der Waals surface area (Å²) in [6.07, 6.45) is 3.12. The fraction of sp³-hybridized carbons (Fsp3) is 0.587. The number of benzene rings is 2. The van der Waals surface area contributed by atoms with Crippen LogP contribution in [-0.4, -0.2) is 198 Å². The van der Waals surface area contributed by atoms with Crippen LogP contribution in [0.2, 0.25) is 0 Å². The Morgan fingerprint density at radius 1 is 0.537 bits per heavy atom. The van der Waals surface area contributed by atoms with Gasteiger partial charge in [0.15, 0.2) is 5.96 Å². The van der Waals surface area contributed by atoms with E-state index in [1.54, 1.807) is 60.7 Å². The second-order valence-electron chi connectivity index (χ2n) is 24.1. The van der Waals surface area contributed by atoms with Crippen LogP contribution < -0.4 is 82.7 Å². The van der Waals surface area contributed by atoms with Gasteiger partial charge in [0.05, 0.1) is 12.6 Å². The van der Waals surface area contributed by atoms with Gasteiger partial charge in [0, 0.05) is 45.3 Å². The summed E-state index contributed by atoms with van der Waals surface area (Å²) >= 11 is 1.45. The molecule has 13 amide bonds. The summed E-state index contributed by atoms with van der Waals surface area (Å²) in [6.45, 7) is 3.86. The van der Waals surface area contributed by atoms with Crippen molar-refractivity contribution in [3.05, 3.63) is 71.8 Å². The largest absolute Gasteiger partial charge is 0.370 e. The molecule has 524 valence electrons. The van der Waals surface area contributed by atoms with Gasteiger partial charge in [-0.2, -0.15) is 11.8 Å². The standard InChI is InChI=1S/C63H98N18O13S/c1-37(2)33-45(57(89)74-41(53(68)85)27-32-95-3)73-52(84)36-72-54(86)46(34-38-15-6-4-7-16-38)78-58(90)47(35-39-17-8-5-9-18-39)79-56(88)42(23-25-50(66)82)75-55(87)43(24-26-51(67)83)76-59(91)49-22-14-31-81(49)62(94)44(20-10-11-28-64)77-60(92)48-21-13-30-80(48)61(93)40(65)19-12-29-71-63(69)70/h4-9,15-18,37,40-49H,10-14,19-36,64-65H2,1-3H3,(H2,66,82)(H2,67,83)(H2,68,85)(H,72,86)(H,73,84)(H,74,89)(H,75,87)(H,76,91)(H,77,92)(H,78,90)(H,79,88)(H4,69,70,71)/t40-,41-,42-,43-,44-,45+,46+,47+,48-,49-/m0/s1. The fourth-order valence-electron chi connectivity index (χ4n) is 11.0. The van der Waals surface area contributed by atoms with E-state index in [9.17, 15) is 62.3 Å². The number of aliphatic imine (C=N–C) groups is 1. The van der Waals surface area contributed by atoms with Gasteiger partial charge in [0.1, 0.15) is 54.4 Å². The SMILES string of the molecule is CSCC[C@H](NC(=O)[C@@H](CC(C)C)NC(=O)CNC(=O)[C@@H](Cc1ccccc1)NC(=O)[C@@H](Cc1ccccc1)NC(=O)[C@H](CCC(N)=O)NC(=O)[C@H](CCC(N)=O)NC(=O)[C@@H]1CCCN1C(=O)[C@H](CCCCN)NC(=O)[C@@H]1CCCN1C(=O)[C@@H](N)CCCN=C(N)N)C(N)=O. The molecule has 0 spiro atoms. The molecule has 0 aromatic heterocycles. The third-order valence-electron chi connectivity index (χ3n) is 16.0. The first kappa shape index (κ1) is 78.5. The molecular formula is C63H98N18O13S. The van der Waals surface area contributed by atoms with Crippen LogP contribution in [0.1, 0.15) is 121 Å². The van der Waals surface area contributed by atoms with E-state index in [1.165, 1.54) is 21.6 Å². The predicted octanol–water partition coefficient (Wildman–Crippen LogP) is -3.71. The summed E-state index contributed by atoms with van der Waals surface area (Å²) in [5.41, 5.74) is 40.6. The molecule has 2 heterocycles. The minimum atomic E-state index is -1.64. The first-order chi connectivity index (χ1) is 45.2. The van der Waals surface area contributed by atoms with Gasteiger partial charge in [-0.25, -0.2) is 0 Å². The van der Waals surface area contributed by atoms with E-state index in [2.05, 4.69) is 47.5 Å². The number of guanidine groups is 1. The zero-order valence-electron chi connectivity index (χ0n) is 54.5. The molecule has 22 N–H and O–H groups in total. The van der Waals surface area contributed by atoms with Crippen molar-refractivity contribution in [3.63, 3.8) is 0 Å². The van der Waals surface area contributed by atoms with Gasteiger partial charge < -0.3 is 92.5 Å². The Hall–Kier alpha value is -8.91. The number of rotatable bonds is 42. The number of nitrogens with zero attached hydrogens (tertiary/aromatic N) is 3. The van der Waals surface area contributed by atoms with Gasteiger partial charge in [0.25, 0.3) is 0 Å². The van der Waals surface area contributed by atoms with Gasteiger partial charge in [-0.05, 0) is 119 Å². The van der Waals surface area contributed by atoms with Crippen molar-refractivity contribution < 1.29 is 62.3 Å². The molecule has 0 bridgehead atoms. The van der Waals surface area contributed by atoms with E-state index >= 15 is 0 Å². The lowest BCUT2D eigenvalue weighted by atomic mass is 10.0. The lowest BCUT2D eigenvalue weighted by Crippen LogP contribution is -2.60. The fourth-order valence-corrected chi connectivity index (χ4v) is 11.5. The molecule has 0 saturated carbocycles. The highest BCUT2D eigenvalue weighted by Gasteiger charge is 2.42. The van der Waals surface area contributed by atoms with Crippen LogP contribution in [0.25, 0.3) is 0 Å². The number of likely N-dealkylation sites (tertiary alicyclic amines) is 2. The molecule has 2 fully saturated rings. The van der Waals surface area contributed by atoms with Crippen LogP contribution >= 0.6 is 11.8 Å². The van der Waals surface area contributed by atoms with E-state index in [0.717, 1.165) is 0 Å². The average Bonchev–Trinajstić information content (AvgIpc) is 1.74. The zero-order chi connectivity index (χ0) is 70.1. The Morgan fingerprint density at radius 3 is 1.51 bits per heavy atom. The number of hydrogen-bond donors (Lipinski definition) is 15. The molecule has 0 radical (unpaired) electrons. The van der Waals surface area contributed by atoms with E-state index in [4.69, 9.17) is 40.1 Å². The van der Waals surface area contributed by atoms with Crippen molar-refractivity contribution in [2.75, 3.05) is 44.7 Å². The summed E-state index contributed by atoms with van der Waals surface area (Å²) in [7, 11) is 0. The number of nitrogens with two attached hydrogens (primary N) is 7. The van der Waals surface area contributed by atoms with E-state index < -0.39 is 169 Å². The predicted molar refractivity (Wildman–Crippen MR) is 356 cm³/mol. The molecule has 2 aromatic rings. The highest BCUT2D eigenvalue weighted by Crippen LogP contribution is 2.24. The third kappa shape index (κ3) is 27.5. The third-order valence-corrected chi connectivity index (χ3v) is 16.7. The number of thioether (sulfide) groups is 1. The second-order valence-corrected chi connectivity index (χ2v) is 25.1. The Labute approximate surface area is 558 Å². The zero-order valence-corrected chi connectivity index (χ0v) is 55.3. The quantitative estimate of drug-likeness (QED) is 0.0173. The first-order valence-electron chi connectivity index (χ1n) is 32.2. The minimum absolute atomic E-state index is 0.0736. The molecule has 0 unspecified atom stereocenters. The van der Waals surface area contributed by atoms with Crippen LogP contribution in [0.5, 0.6) is 0 Å². The maximum absolute atomic E-state index is 14.7. The lowest BCUT2D eigenvalue weighted by Gasteiger charge is -2.32. The average molecular weight is 1350 g/mol. The molecular weight excluding hydrogens is 1250 g/mol. The van der Waals surface area contributed by atoms with Crippen molar-refractivity contribution in [2.24, 2.45) is 51.0 Å². The van der Waals surface area contributed by atoms with Crippen molar-refractivity contribution in [2.45, 2.75) is 183 Å². The van der Waals surface area contributed by atoms with Crippen molar-refractivity contribution >= 4 is 94.5 Å². The van der Waals surface area contributed by atoms with E-state index in [-0.39, 0.29) is 83.0 Å². The minimum Gasteiger partial charge on any atom is -0.370 e. The number of carbonyl (C=O) groups is 13. The highest BCUT2D eigenvalue weighted by atomic mass is 32.2. The maximum Gasteiger partial charge on any atom is 0.245 e. The molecule has 0 aliphatic carbocycles. The lowest BCUT2D eigenvalue weighted by molar-refractivity contribution is -0.144. The van der Waals surface area contributed by atoms with E-state index in [0.29, 0.717) is 55.4 Å². The number of carbonyl (C=O) groups excluding carboxylic acids is 13. The first-order valence-corrected chi connectivity index (χ1v) is 33.6. The Kier molecular flexibility index (Phi) is 33.9. The second kappa shape index (κ2) is 41.0. The summed E-state index contributed by atoms with van der Waals surface area (Å²) in [5, 5.41) is 21.1. The summed E-state index contributed by atoms with van der Waals surface area (Å²) in [6, 6.07) is 4.51. The molecule has 10 atom stereocenters. The Balaban J connectivity index is 1.56. The summed E-state index contributed by atoms with van der Waals surface area (Å²) < 4.78 is 0. The topological polar surface area (TPSA) is 519 Å². The molecule has 2 aliphatic heterocycles. The molecule has 32 heteroatoms. The smallest absolute Gasteiger partial charge is 0.245 e. The van der Waals surface area contributed by atoms with Crippen molar-refractivity contribution in [1.82, 2.24) is 52.3 Å². The molecule has 2 aliphatic rings. The van der Waals surface area contributed by atoms with Gasteiger partial charge in [-0.3, -0.25) is 67.3 Å². The number of amides is 13. The summed E-state index contributed by atoms with van der Waals surface area (Å²) in [4.78, 5) is 185. The number of unbranched alkanes of at least 4 members (excludes halogenated alkanes) is 1. The van der Waals surface area contributed by atoms with Crippen LogP contribution in [-0.2, 0) is 75.2 Å². The van der Waals surface area contributed by atoms with Gasteiger partial charge >= 0.3 is 0 Å². The van der Waals surface area contributed by atoms with Crippen molar-refractivity contribution in [1.29, 1.82) is 0 Å². The normalized spacial score (nSPS) is 16.8. The summed E-state index contributed by atoms with van der Waals surface area (Å²) in [5.74, 6) is -9.80. The van der Waals surface area contributed by atoms with Crippen LogP contribution in [0, 0.1) is 5.92 Å². The van der Waals surface area contributed by atoms with Gasteiger partial charge in [-0.15, -0.1) is 0 Å². The number of nitrogens with one attached hydrogen (secondary N) is 8. The number of hydrogen-bond acceptors (Lipinski definition) is 17. The van der Waals surface area contributed by atoms with Crippen LogP contribution in [0.3, 0.4) is 0 Å². The number of primary amides is 3. The molecule has 2 saturated heterocycles. The van der Waals surface area contributed by atoms with Crippen LogP contribution in [0.4, 0.5) is 0 Å². The molecule has 31 nitrogen and oxygen atoms in total. The Morgan fingerprint density at radius 2 is 1.01 bits per heavy atom. The Bertz CT molecular complexity index is 2960. The monoisotopic (exact) mass is 1350 g/mol. The van der Waals surface area contributed by atoms with E-state index in [1.807, 2.05) is 20.1 Å². The molecule has 95 heavy (non-hydrogen) atoms. The maximum atomic E-state index is 14.7. The highest BCUT2D eigenvalue weighted by molar-refractivity contribution is 7.98. The van der Waals surface area contributed by atoms with Crippen molar-refractivity contribution in [3.8, 4) is 0 Å². The molecule has 2 aromatic carbocycles.